The second-order valence-electron chi connectivity index (χ2n) is 6.20. The van der Waals surface area contributed by atoms with Crippen LogP contribution in [0.1, 0.15) is 41.8 Å². The van der Waals surface area contributed by atoms with E-state index < -0.39 is 0 Å². The van der Waals surface area contributed by atoms with E-state index in [1.807, 2.05) is 19.2 Å². The van der Waals surface area contributed by atoms with Gasteiger partial charge in [-0.1, -0.05) is 0 Å². The largest absolute Gasteiger partial charge is 0.465 e. The fourth-order valence-corrected chi connectivity index (χ4v) is 3.34. The van der Waals surface area contributed by atoms with Crippen LogP contribution in [0.4, 0.5) is 0 Å². The maximum atomic E-state index is 9.23. The van der Waals surface area contributed by atoms with Crippen molar-refractivity contribution in [1.29, 1.82) is 0 Å². The molecule has 120 valence electrons. The monoisotopic (exact) mass is 303 g/mol. The first kappa shape index (κ1) is 15.3. The molecule has 2 aromatic heterocycles. The van der Waals surface area contributed by atoms with Crippen LogP contribution in [-0.2, 0) is 13.1 Å². The van der Waals surface area contributed by atoms with Crippen molar-refractivity contribution in [1.82, 2.24) is 14.5 Å². The molecule has 0 radical (unpaired) electrons. The van der Waals surface area contributed by atoms with Crippen molar-refractivity contribution < 1.29 is 9.52 Å². The molecule has 0 saturated carbocycles. The summed E-state index contributed by atoms with van der Waals surface area (Å²) in [7, 11) is 0. The Morgan fingerprint density at radius 2 is 2.05 bits per heavy atom. The van der Waals surface area contributed by atoms with Crippen LogP contribution >= 0.6 is 0 Å². The van der Waals surface area contributed by atoms with E-state index in [9.17, 15) is 5.11 Å². The van der Waals surface area contributed by atoms with Crippen LogP contribution < -0.4 is 0 Å². The summed E-state index contributed by atoms with van der Waals surface area (Å²) in [5, 5.41) is 9.23. The fraction of sp³-hybridized carbons (Fsp3) is 0.588. The molecule has 22 heavy (non-hydrogen) atoms. The van der Waals surface area contributed by atoms with E-state index in [4.69, 9.17) is 4.42 Å². The summed E-state index contributed by atoms with van der Waals surface area (Å²) in [5.74, 6) is 3.66. The Balaban J connectivity index is 1.59. The van der Waals surface area contributed by atoms with Crippen LogP contribution in [0.5, 0.6) is 0 Å². The van der Waals surface area contributed by atoms with Gasteiger partial charge in [0.2, 0.25) is 0 Å². The summed E-state index contributed by atoms with van der Waals surface area (Å²) < 4.78 is 7.83. The quantitative estimate of drug-likeness (QED) is 0.922. The van der Waals surface area contributed by atoms with Crippen molar-refractivity contribution in [2.24, 2.45) is 0 Å². The SMILES string of the molecule is Cc1ccc(CN2CCC(c3ncc(C)n3CCO)CC2)o1. The van der Waals surface area contributed by atoms with Gasteiger partial charge in [-0.3, -0.25) is 4.90 Å². The molecule has 1 aliphatic rings. The van der Waals surface area contributed by atoms with Gasteiger partial charge in [0, 0.05) is 24.4 Å². The number of piperidine rings is 1. The van der Waals surface area contributed by atoms with Gasteiger partial charge >= 0.3 is 0 Å². The molecule has 3 heterocycles. The van der Waals surface area contributed by atoms with Gasteiger partial charge in [0.1, 0.15) is 17.3 Å². The van der Waals surface area contributed by atoms with Crippen LogP contribution in [0, 0.1) is 13.8 Å². The lowest BCUT2D eigenvalue weighted by molar-refractivity contribution is 0.185. The molecule has 0 bridgehead atoms. The summed E-state index contributed by atoms with van der Waals surface area (Å²) >= 11 is 0. The third kappa shape index (κ3) is 3.25. The standard InChI is InChI=1S/C17H25N3O2/c1-13-11-18-17(20(13)9-10-21)15-5-7-19(8-6-15)12-16-4-3-14(2)22-16/h3-4,11,15,21H,5-10,12H2,1-2H3. The molecule has 0 aliphatic carbocycles. The van der Waals surface area contributed by atoms with Crippen LogP contribution in [0.2, 0.25) is 0 Å². The molecule has 0 spiro atoms. The molecule has 2 aromatic rings. The summed E-state index contributed by atoms with van der Waals surface area (Å²) in [5.41, 5.74) is 1.14. The van der Waals surface area contributed by atoms with E-state index in [0.29, 0.717) is 12.5 Å². The van der Waals surface area contributed by atoms with Crippen LogP contribution in [-0.4, -0.2) is 39.3 Å². The second kappa shape index (κ2) is 6.67. The first-order valence-electron chi connectivity index (χ1n) is 8.08. The van der Waals surface area contributed by atoms with E-state index in [1.165, 1.54) is 0 Å². The van der Waals surface area contributed by atoms with Crippen molar-refractivity contribution in [2.45, 2.75) is 45.7 Å². The Kier molecular flexibility index (Phi) is 4.64. The molecule has 0 amide bonds. The number of hydrogen-bond acceptors (Lipinski definition) is 4. The Labute approximate surface area is 131 Å². The van der Waals surface area contributed by atoms with Crippen molar-refractivity contribution >= 4 is 0 Å². The van der Waals surface area contributed by atoms with Gasteiger partial charge in [0.15, 0.2) is 0 Å². The molecule has 1 aliphatic heterocycles. The van der Waals surface area contributed by atoms with Gasteiger partial charge in [-0.05, 0) is 51.9 Å². The van der Waals surface area contributed by atoms with Crippen molar-refractivity contribution in [3.8, 4) is 0 Å². The highest BCUT2D eigenvalue weighted by Gasteiger charge is 2.25. The molecule has 0 unspecified atom stereocenters. The van der Waals surface area contributed by atoms with Gasteiger partial charge in [0.25, 0.3) is 0 Å². The number of aryl methyl sites for hydroxylation is 2. The predicted molar refractivity (Wildman–Crippen MR) is 84.7 cm³/mol. The van der Waals surface area contributed by atoms with Crippen molar-refractivity contribution in [3.63, 3.8) is 0 Å². The minimum atomic E-state index is 0.168. The summed E-state index contributed by atoms with van der Waals surface area (Å²) in [6.07, 6.45) is 4.14. The number of likely N-dealkylation sites (tertiary alicyclic amines) is 1. The number of imidazole rings is 1. The number of furan rings is 1. The lowest BCUT2D eigenvalue weighted by Crippen LogP contribution is -2.33. The maximum absolute atomic E-state index is 9.23. The highest BCUT2D eigenvalue weighted by Crippen LogP contribution is 2.28. The number of hydrogen-bond donors (Lipinski definition) is 1. The molecule has 1 N–H and O–H groups in total. The number of aliphatic hydroxyl groups is 1. The molecule has 0 atom stereocenters. The van der Waals surface area contributed by atoms with E-state index in [1.54, 1.807) is 0 Å². The molecular weight excluding hydrogens is 278 g/mol. The highest BCUT2D eigenvalue weighted by molar-refractivity contribution is 5.10. The summed E-state index contributed by atoms with van der Waals surface area (Å²) in [6, 6.07) is 4.09. The highest BCUT2D eigenvalue weighted by atomic mass is 16.3. The normalized spacial score (nSPS) is 17.2. The number of rotatable bonds is 5. The third-order valence-corrected chi connectivity index (χ3v) is 4.54. The Bertz CT molecular complexity index is 609. The van der Waals surface area contributed by atoms with Crippen LogP contribution in [0.25, 0.3) is 0 Å². The number of aliphatic hydroxyl groups excluding tert-OH is 1. The van der Waals surface area contributed by atoms with Crippen molar-refractivity contribution in [3.05, 3.63) is 41.4 Å². The zero-order chi connectivity index (χ0) is 15.5. The van der Waals surface area contributed by atoms with Crippen LogP contribution in [0.15, 0.2) is 22.7 Å². The average molecular weight is 303 g/mol. The zero-order valence-electron chi connectivity index (χ0n) is 13.5. The zero-order valence-corrected chi connectivity index (χ0v) is 13.5. The van der Waals surface area contributed by atoms with E-state index in [2.05, 4.69) is 27.4 Å². The average Bonchev–Trinajstić information content (AvgIpc) is 3.08. The van der Waals surface area contributed by atoms with Gasteiger partial charge in [-0.15, -0.1) is 0 Å². The Morgan fingerprint density at radius 1 is 1.27 bits per heavy atom. The molecule has 1 saturated heterocycles. The molecule has 5 heteroatoms. The van der Waals surface area contributed by atoms with E-state index in [0.717, 1.165) is 55.5 Å². The van der Waals surface area contributed by atoms with Gasteiger partial charge in [-0.2, -0.15) is 0 Å². The van der Waals surface area contributed by atoms with Crippen molar-refractivity contribution in [2.75, 3.05) is 19.7 Å². The molecule has 3 rings (SSSR count). The Morgan fingerprint density at radius 3 is 2.68 bits per heavy atom. The lowest BCUT2D eigenvalue weighted by atomic mass is 9.95. The third-order valence-electron chi connectivity index (χ3n) is 4.54. The van der Waals surface area contributed by atoms with Crippen LogP contribution in [0.3, 0.4) is 0 Å². The molecular formula is C17H25N3O2. The van der Waals surface area contributed by atoms with Gasteiger partial charge < -0.3 is 14.1 Å². The predicted octanol–water partition coefficient (Wildman–Crippen LogP) is 2.46. The van der Waals surface area contributed by atoms with E-state index in [-0.39, 0.29) is 6.61 Å². The van der Waals surface area contributed by atoms with Gasteiger partial charge in [-0.25, -0.2) is 4.98 Å². The molecule has 5 nitrogen and oxygen atoms in total. The number of nitrogens with zero attached hydrogens (tertiary/aromatic N) is 3. The summed E-state index contributed by atoms with van der Waals surface area (Å²) in [6.45, 7) is 7.88. The summed E-state index contributed by atoms with van der Waals surface area (Å²) in [4.78, 5) is 7.03. The second-order valence-corrected chi connectivity index (χ2v) is 6.20. The first-order valence-corrected chi connectivity index (χ1v) is 8.08. The Hall–Kier alpha value is -1.59. The first-order chi connectivity index (χ1) is 10.7. The number of aromatic nitrogens is 2. The minimum absolute atomic E-state index is 0.168. The smallest absolute Gasteiger partial charge is 0.118 e. The fourth-order valence-electron chi connectivity index (χ4n) is 3.34. The minimum Gasteiger partial charge on any atom is -0.465 e. The molecule has 0 aromatic carbocycles. The van der Waals surface area contributed by atoms with E-state index >= 15 is 0 Å². The topological polar surface area (TPSA) is 54.4 Å². The lowest BCUT2D eigenvalue weighted by Gasteiger charge is -2.31. The molecule has 1 fully saturated rings. The maximum Gasteiger partial charge on any atom is 0.118 e. The van der Waals surface area contributed by atoms with Gasteiger partial charge in [0.05, 0.1) is 13.2 Å².